The van der Waals surface area contributed by atoms with Gasteiger partial charge in [-0.3, -0.25) is 9.59 Å². The fraction of sp³-hybridized carbons (Fsp3) is 0.542. The van der Waals surface area contributed by atoms with Crippen molar-refractivity contribution >= 4 is 40.9 Å². The number of morpholine rings is 1. The summed E-state index contributed by atoms with van der Waals surface area (Å²) in [6.07, 6.45) is 4.10. The maximum Gasteiger partial charge on any atom is 0.273 e. The summed E-state index contributed by atoms with van der Waals surface area (Å²) in [5, 5.41) is 14.9. The lowest BCUT2D eigenvalue weighted by molar-refractivity contribution is 0.0303. The minimum atomic E-state index is -0.722. The first-order valence-electron chi connectivity index (χ1n) is 12.4. The molecule has 1 unspecified atom stereocenters. The molecule has 12 heteroatoms. The van der Waals surface area contributed by atoms with Gasteiger partial charge in [-0.05, 0) is 56.5 Å². The number of benzene rings is 1. The SMILES string of the molecule is NC(=O)c1nnc(N2CCCC(NCCCCCl)C2)nc1Nc1ccc(C(=O)N2CCOCC2)cc1. The smallest absolute Gasteiger partial charge is 0.273 e. The molecule has 0 bridgehead atoms. The molecule has 2 aliphatic rings. The summed E-state index contributed by atoms with van der Waals surface area (Å²) in [7, 11) is 0. The molecule has 36 heavy (non-hydrogen) atoms. The predicted octanol–water partition coefficient (Wildman–Crippen LogP) is 1.76. The number of unbranched alkanes of at least 4 members (excludes halogenated alkanes) is 1. The Bertz CT molecular complexity index is 1030. The summed E-state index contributed by atoms with van der Waals surface area (Å²) in [5.74, 6) is 0.587. The van der Waals surface area contributed by atoms with Gasteiger partial charge in [0.05, 0.1) is 13.2 Å². The van der Waals surface area contributed by atoms with Crippen LogP contribution in [0.4, 0.5) is 17.5 Å². The molecule has 0 aliphatic carbocycles. The number of carbonyl (C=O) groups is 2. The Kier molecular flexibility index (Phi) is 9.26. The number of halogens is 1. The zero-order valence-corrected chi connectivity index (χ0v) is 21.0. The van der Waals surface area contributed by atoms with Crippen LogP contribution in [0.2, 0.25) is 0 Å². The van der Waals surface area contributed by atoms with Crippen LogP contribution in [0.5, 0.6) is 0 Å². The Hall–Kier alpha value is -3.02. The highest BCUT2D eigenvalue weighted by Gasteiger charge is 2.24. The highest BCUT2D eigenvalue weighted by atomic mass is 35.5. The highest BCUT2D eigenvalue weighted by molar-refractivity contribution is 6.17. The van der Waals surface area contributed by atoms with Crippen molar-refractivity contribution in [1.82, 2.24) is 25.4 Å². The molecule has 0 saturated carbocycles. The number of ether oxygens (including phenoxy) is 1. The van der Waals surface area contributed by atoms with Crippen LogP contribution in [0.15, 0.2) is 24.3 Å². The Morgan fingerprint density at radius 1 is 1.11 bits per heavy atom. The third-order valence-electron chi connectivity index (χ3n) is 6.30. The number of hydrogen-bond acceptors (Lipinski definition) is 9. The molecule has 194 valence electrons. The summed E-state index contributed by atoms with van der Waals surface area (Å²) in [6.45, 7) is 4.72. The van der Waals surface area contributed by atoms with Crippen LogP contribution in [-0.2, 0) is 4.74 Å². The molecule has 1 aromatic heterocycles. The third kappa shape index (κ3) is 6.80. The number of nitrogens with one attached hydrogen (secondary N) is 2. The first kappa shape index (κ1) is 26.1. The van der Waals surface area contributed by atoms with Crippen molar-refractivity contribution in [2.24, 2.45) is 5.73 Å². The molecular formula is C24H33ClN8O3. The topological polar surface area (TPSA) is 139 Å². The van der Waals surface area contributed by atoms with Crippen molar-refractivity contribution in [1.29, 1.82) is 0 Å². The number of nitrogens with zero attached hydrogens (tertiary/aromatic N) is 5. The predicted molar refractivity (Wildman–Crippen MR) is 138 cm³/mol. The second-order valence-corrected chi connectivity index (χ2v) is 9.29. The van der Waals surface area contributed by atoms with Crippen LogP contribution in [0.3, 0.4) is 0 Å². The van der Waals surface area contributed by atoms with E-state index < -0.39 is 5.91 Å². The Morgan fingerprint density at radius 3 is 2.61 bits per heavy atom. The van der Waals surface area contributed by atoms with Crippen LogP contribution < -0.4 is 21.3 Å². The van der Waals surface area contributed by atoms with Crippen molar-refractivity contribution < 1.29 is 14.3 Å². The van der Waals surface area contributed by atoms with Crippen LogP contribution in [0, 0.1) is 0 Å². The zero-order chi connectivity index (χ0) is 25.3. The van der Waals surface area contributed by atoms with Crippen LogP contribution in [0.25, 0.3) is 0 Å². The number of rotatable bonds is 10. The van der Waals surface area contributed by atoms with Gasteiger partial charge in [-0.15, -0.1) is 21.8 Å². The van der Waals surface area contributed by atoms with Gasteiger partial charge in [-0.1, -0.05) is 0 Å². The standard InChI is InChI=1S/C24H33ClN8O3/c25-9-1-2-10-27-19-4-3-11-33(16-19)24-29-22(20(21(26)34)30-31-24)28-18-7-5-17(6-8-18)23(35)32-12-14-36-15-13-32/h5-8,19,27H,1-4,9-16H2,(H2,26,34)(H,28,29,31). The van der Waals surface area contributed by atoms with Crippen molar-refractivity contribution in [3.63, 3.8) is 0 Å². The lowest BCUT2D eigenvalue weighted by atomic mass is 10.1. The van der Waals surface area contributed by atoms with Gasteiger partial charge in [0, 0.05) is 49.4 Å². The molecule has 1 atom stereocenters. The number of piperidine rings is 1. The molecular weight excluding hydrogens is 484 g/mol. The van der Waals surface area contributed by atoms with Crippen molar-refractivity contribution in [3.8, 4) is 0 Å². The molecule has 11 nitrogen and oxygen atoms in total. The Morgan fingerprint density at radius 2 is 1.89 bits per heavy atom. The maximum absolute atomic E-state index is 12.7. The van der Waals surface area contributed by atoms with Crippen molar-refractivity contribution in [3.05, 3.63) is 35.5 Å². The van der Waals surface area contributed by atoms with E-state index in [1.165, 1.54) is 0 Å². The first-order valence-corrected chi connectivity index (χ1v) is 12.9. The monoisotopic (exact) mass is 516 g/mol. The Labute approximate surface area is 215 Å². The molecule has 2 fully saturated rings. The lowest BCUT2D eigenvalue weighted by Crippen LogP contribution is -2.46. The van der Waals surface area contributed by atoms with E-state index >= 15 is 0 Å². The second-order valence-electron chi connectivity index (χ2n) is 8.92. The van der Waals surface area contributed by atoms with Gasteiger partial charge in [-0.25, -0.2) is 0 Å². The number of alkyl halides is 1. The average Bonchev–Trinajstić information content (AvgIpc) is 2.91. The zero-order valence-electron chi connectivity index (χ0n) is 20.3. The van der Waals surface area contributed by atoms with E-state index in [2.05, 4.69) is 30.7 Å². The minimum Gasteiger partial charge on any atom is -0.378 e. The molecule has 2 saturated heterocycles. The van der Waals surface area contributed by atoms with Crippen molar-refractivity contribution in [2.45, 2.75) is 31.7 Å². The molecule has 0 radical (unpaired) electrons. The van der Waals surface area contributed by atoms with E-state index in [-0.39, 0.29) is 17.4 Å². The summed E-state index contributed by atoms with van der Waals surface area (Å²) in [5.41, 5.74) is 6.72. The molecule has 4 N–H and O–H groups in total. The van der Waals surface area contributed by atoms with E-state index in [0.29, 0.717) is 55.4 Å². The highest BCUT2D eigenvalue weighted by Crippen LogP contribution is 2.22. The normalized spacial score (nSPS) is 18.2. The molecule has 2 aliphatic heterocycles. The van der Waals surface area contributed by atoms with Gasteiger partial charge in [0.15, 0.2) is 11.5 Å². The lowest BCUT2D eigenvalue weighted by Gasteiger charge is -2.33. The fourth-order valence-corrected chi connectivity index (χ4v) is 4.53. The van der Waals surface area contributed by atoms with Gasteiger partial charge >= 0.3 is 0 Å². The number of amides is 2. The fourth-order valence-electron chi connectivity index (χ4n) is 4.34. The van der Waals surface area contributed by atoms with Crippen LogP contribution >= 0.6 is 11.6 Å². The quantitative estimate of drug-likeness (QED) is 0.318. The van der Waals surface area contributed by atoms with E-state index in [0.717, 1.165) is 45.3 Å². The summed E-state index contributed by atoms with van der Waals surface area (Å²) >= 11 is 5.77. The van der Waals surface area contributed by atoms with Crippen molar-refractivity contribution in [2.75, 3.05) is 62.0 Å². The van der Waals surface area contributed by atoms with Gasteiger partial charge in [0.1, 0.15) is 0 Å². The van der Waals surface area contributed by atoms with Gasteiger partial charge in [0.2, 0.25) is 5.95 Å². The maximum atomic E-state index is 12.7. The molecule has 4 rings (SSSR count). The summed E-state index contributed by atoms with van der Waals surface area (Å²) < 4.78 is 5.32. The first-order chi connectivity index (χ1) is 17.5. The largest absolute Gasteiger partial charge is 0.378 e. The van der Waals surface area contributed by atoms with E-state index in [4.69, 9.17) is 22.1 Å². The molecule has 1 aromatic carbocycles. The number of nitrogens with two attached hydrogens (primary N) is 1. The second kappa shape index (κ2) is 12.8. The van der Waals surface area contributed by atoms with E-state index in [1.807, 2.05) is 0 Å². The van der Waals surface area contributed by atoms with Gasteiger partial charge < -0.3 is 30.9 Å². The van der Waals surface area contributed by atoms with Crippen LogP contribution in [-0.4, -0.2) is 89.8 Å². The summed E-state index contributed by atoms with van der Waals surface area (Å²) in [6, 6.07) is 7.33. The van der Waals surface area contributed by atoms with Crippen LogP contribution in [0.1, 0.15) is 46.5 Å². The number of aromatic nitrogens is 3. The number of hydrogen-bond donors (Lipinski definition) is 3. The summed E-state index contributed by atoms with van der Waals surface area (Å²) in [4.78, 5) is 33.1. The van der Waals surface area contributed by atoms with Gasteiger partial charge in [0.25, 0.3) is 11.8 Å². The van der Waals surface area contributed by atoms with E-state index in [1.54, 1.807) is 29.2 Å². The van der Waals surface area contributed by atoms with E-state index in [9.17, 15) is 9.59 Å². The number of primary amides is 1. The molecule has 3 heterocycles. The average molecular weight is 517 g/mol. The number of anilines is 3. The minimum absolute atomic E-state index is 0.0374. The van der Waals surface area contributed by atoms with Gasteiger partial charge in [-0.2, -0.15) is 4.98 Å². The molecule has 2 amide bonds. The molecule has 0 spiro atoms. The number of carbonyl (C=O) groups excluding carboxylic acids is 2. The molecule has 2 aromatic rings. The third-order valence-corrected chi connectivity index (χ3v) is 6.57. The Balaban J connectivity index is 1.44.